The second-order valence-electron chi connectivity index (χ2n) is 10.2. The highest BCUT2D eigenvalue weighted by Gasteiger charge is 2.58. The Balaban J connectivity index is 1.60. The molecule has 3 nitrogen and oxygen atoms in total. The van der Waals surface area contributed by atoms with Crippen molar-refractivity contribution in [3.05, 3.63) is 38.7 Å². The lowest BCUT2D eigenvalue weighted by molar-refractivity contribution is -0.0164. The molecule has 0 aromatic carbocycles. The van der Waals surface area contributed by atoms with Crippen molar-refractivity contribution in [1.82, 2.24) is 4.98 Å². The maximum atomic E-state index is 10.2. The highest BCUT2D eigenvalue weighted by Crippen LogP contribution is 2.64. The molecule has 148 valence electrons. The molecule has 2 fully saturated rings. The van der Waals surface area contributed by atoms with Crippen LogP contribution in [0.2, 0.25) is 0 Å². The first-order chi connectivity index (χ1) is 13.3. The Hall–Kier alpha value is -1.44. The summed E-state index contributed by atoms with van der Waals surface area (Å²) in [5.74, 6) is 1.94. The fraction of sp³-hybridized carbons (Fsp3) is 0.667. The summed E-state index contributed by atoms with van der Waals surface area (Å²) in [6, 6.07) is 2.40. The number of hydrogen-bond acceptors (Lipinski definition) is 3. The summed E-state index contributed by atoms with van der Waals surface area (Å²) in [4.78, 5) is 3.33. The number of fused-ring (bicyclic) bond motifs is 7. The summed E-state index contributed by atoms with van der Waals surface area (Å²) in [5.41, 5.74) is 6.41. The first kappa shape index (κ1) is 18.6. The van der Waals surface area contributed by atoms with Crippen LogP contribution in [0, 0.1) is 46.1 Å². The molecule has 5 rings (SSSR count). The standard InChI is InChI=1S/C24H30N2OS/c1-13-21-17(18(12-25)22(28)26-13)11-20-16-5-4-14-10-15(27)6-8-23(14,2)19(16)7-9-24(20,21)3/h4,15-16,19-20,27H,5-11H2,1-3H3,(H,26,28)/t15-,16-,19+,20-,23-,24-/m0/s1. The van der Waals surface area contributed by atoms with Crippen molar-refractivity contribution in [2.75, 3.05) is 0 Å². The first-order valence-corrected chi connectivity index (χ1v) is 11.2. The van der Waals surface area contributed by atoms with E-state index in [1.54, 1.807) is 0 Å². The van der Waals surface area contributed by atoms with Crippen LogP contribution in [-0.4, -0.2) is 16.2 Å². The molecule has 0 bridgehead atoms. The van der Waals surface area contributed by atoms with E-state index in [1.165, 1.54) is 35.2 Å². The maximum Gasteiger partial charge on any atom is 0.121 e. The van der Waals surface area contributed by atoms with Gasteiger partial charge in [-0.05, 0) is 91.6 Å². The Morgan fingerprint density at radius 3 is 2.68 bits per heavy atom. The second-order valence-corrected chi connectivity index (χ2v) is 10.6. The SMILES string of the molecule is Cc1[nH]c(=S)c(C#N)c2c1[C@@]1(C)CC[C@@H]3[C@H](CC=C4C[C@@H](O)CC[C@@]43C)[C@@H]1C2. The van der Waals surface area contributed by atoms with Crippen molar-refractivity contribution in [1.29, 1.82) is 5.26 Å². The number of nitriles is 1. The summed E-state index contributed by atoms with van der Waals surface area (Å²) in [6.07, 6.45) is 9.80. The Labute approximate surface area is 172 Å². The fourth-order valence-electron chi connectivity index (χ4n) is 7.75. The molecule has 0 amide bonds. The second kappa shape index (κ2) is 6.03. The van der Waals surface area contributed by atoms with Crippen molar-refractivity contribution < 1.29 is 5.11 Å². The zero-order valence-corrected chi connectivity index (χ0v) is 18.0. The van der Waals surface area contributed by atoms with Crippen molar-refractivity contribution in [3.63, 3.8) is 0 Å². The summed E-state index contributed by atoms with van der Waals surface area (Å²) in [7, 11) is 0. The van der Waals surface area contributed by atoms with Crippen LogP contribution >= 0.6 is 12.2 Å². The van der Waals surface area contributed by atoms with E-state index in [2.05, 4.69) is 37.9 Å². The predicted molar refractivity (Wildman–Crippen MR) is 113 cm³/mol. The van der Waals surface area contributed by atoms with Gasteiger partial charge in [0.15, 0.2) is 0 Å². The lowest BCUT2D eigenvalue weighted by atomic mass is 9.47. The number of aliphatic hydroxyl groups is 1. The minimum absolute atomic E-state index is 0.140. The molecule has 6 atom stereocenters. The number of aryl methyl sites for hydroxylation is 1. The quantitative estimate of drug-likeness (QED) is 0.466. The molecule has 28 heavy (non-hydrogen) atoms. The number of rotatable bonds is 0. The van der Waals surface area contributed by atoms with Crippen molar-refractivity contribution >= 4 is 12.2 Å². The van der Waals surface area contributed by atoms with E-state index in [-0.39, 0.29) is 16.9 Å². The zero-order chi connectivity index (χ0) is 19.8. The minimum Gasteiger partial charge on any atom is -0.393 e. The molecule has 0 unspecified atom stereocenters. The number of nitrogens with one attached hydrogen (secondary N) is 1. The molecule has 1 aromatic heterocycles. The van der Waals surface area contributed by atoms with Crippen LogP contribution in [0.3, 0.4) is 0 Å². The van der Waals surface area contributed by atoms with E-state index in [0.29, 0.717) is 28.0 Å². The Morgan fingerprint density at radius 2 is 1.93 bits per heavy atom. The van der Waals surface area contributed by atoms with Gasteiger partial charge in [0.25, 0.3) is 0 Å². The van der Waals surface area contributed by atoms with Crippen molar-refractivity contribution in [2.45, 2.75) is 77.2 Å². The largest absolute Gasteiger partial charge is 0.393 e. The number of hydrogen-bond donors (Lipinski definition) is 2. The summed E-state index contributed by atoms with van der Waals surface area (Å²) in [6.45, 7) is 7.04. The van der Waals surface area contributed by atoms with Crippen LogP contribution in [0.1, 0.15) is 74.8 Å². The normalized spacial score (nSPS) is 41.2. The Morgan fingerprint density at radius 1 is 1.18 bits per heavy atom. The maximum absolute atomic E-state index is 10.2. The number of aromatic amines is 1. The highest BCUT2D eigenvalue weighted by molar-refractivity contribution is 7.71. The van der Waals surface area contributed by atoms with E-state index in [4.69, 9.17) is 12.2 Å². The van der Waals surface area contributed by atoms with E-state index in [9.17, 15) is 10.4 Å². The van der Waals surface area contributed by atoms with Crippen LogP contribution in [-0.2, 0) is 11.8 Å². The van der Waals surface area contributed by atoms with E-state index < -0.39 is 0 Å². The van der Waals surface area contributed by atoms with Crippen LogP contribution in [0.4, 0.5) is 0 Å². The topological polar surface area (TPSA) is 59.8 Å². The van der Waals surface area contributed by atoms with Gasteiger partial charge in [-0.1, -0.05) is 37.7 Å². The molecule has 1 aromatic rings. The predicted octanol–water partition coefficient (Wildman–Crippen LogP) is 5.26. The Bertz CT molecular complexity index is 986. The smallest absolute Gasteiger partial charge is 0.121 e. The van der Waals surface area contributed by atoms with Gasteiger partial charge in [-0.25, -0.2) is 0 Å². The van der Waals surface area contributed by atoms with Crippen LogP contribution in [0.5, 0.6) is 0 Å². The number of aliphatic hydroxyl groups excluding tert-OH is 1. The average molecular weight is 395 g/mol. The molecular weight excluding hydrogens is 364 g/mol. The molecule has 4 heteroatoms. The summed E-state index contributed by atoms with van der Waals surface area (Å²) >= 11 is 5.49. The van der Waals surface area contributed by atoms with Crippen LogP contribution in [0.15, 0.2) is 11.6 Å². The fourth-order valence-corrected chi connectivity index (χ4v) is 8.07. The molecule has 0 saturated heterocycles. The summed E-state index contributed by atoms with van der Waals surface area (Å²) in [5, 5.41) is 20.0. The van der Waals surface area contributed by atoms with Gasteiger partial charge >= 0.3 is 0 Å². The minimum atomic E-state index is -0.151. The van der Waals surface area contributed by atoms with Gasteiger partial charge in [0.2, 0.25) is 0 Å². The van der Waals surface area contributed by atoms with Gasteiger partial charge in [0, 0.05) is 5.69 Å². The molecule has 0 radical (unpaired) electrons. The molecule has 1 heterocycles. The zero-order valence-electron chi connectivity index (χ0n) is 17.1. The monoisotopic (exact) mass is 394 g/mol. The van der Waals surface area contributed by atoms with Gasteiger partial charge in [0.05, 0.1) is 11.7 Å². The number of H-pyrrole nitrogens is 1. The highest BCUT2D eigenvalue weighted by atomic mass is 32.1. The molecule has 2 N–H and O–H groups in total. The third-order valence-corrected chi connectivity index (χ3v) is 9.39. The first-order valence-electron chi connectivity index (χ1n) is 10.8. The molecule has 0 spiro atoms. The van der Waals surface area contributed by atoms with Gasteiger partial charge in [-0.2, -0.15) is 5.26 Å². The lowest BCUT2D eigenvalue weighted by Gasteiger charge is -2.57. The average Bonchev–Trinajstić information content (AvgIpc) is 2.96. The van der Waals surface area contributed by atoms with E-state index in [0.717, 1.165) is 32.1 Å². The molecule has 4 aliphatic carbocycles. The van der Waals surface area contributed by atoms with E-state index >= 15 is 0 Å². The van der Waals surface area contributed by atoms with Crippen LogP contribution in [0.25, 0.3) is 0 Å². The summed E-state index contributed by atoms with van der Waals surface area (Å²) < 4.78 is 0.608. The van der Waals surface area contributed by atoms with Crippen molar-refractivity contribution in [3.8, 4) is 6.07 Å². The molecule has 4 aliphatic rings. The third-order valence-electron chi connectivity index (χ3n) is 9.08. The third kappa shape index (κ3) is 2.27. The number of nitrogens with zero attached hydrogens (tertiary/aromatic N) is 1. The van der Waals surface area contributed by atoms with Gasteiger partial charge < -0.3 is 10.1 Å². The van der Waals surface area contributed by atoms with Gasteiger partial charge in [-0.15, -0.1) is 0 Å². The number of allylic oxidation sites excluding steroid dienone is 1. The lowest BCUT2D eigenvalue weighted by Crippen LogP contribution is -2.51. The van der Waals surface area contributed by atoms with Crippen molar-refractivity contribution in [2.24, 2.45) is 23.2 Å². The molecule has 2 saturated carbocycles. The molecule has 0 aliphatic heterocycles. The number of pyridine rings is 1. The van der Waals surface area contributed by atoms with Gasteiger partial charge in [0.1, 0.15) is 10.7 Å². The molecular formula is C24H30N2OS. The number of aromatic nitrogens is 1. The van der Waals surface area contributed by atoms with E-state index in [1.807, 2.05) is 0 Å². The Kier molecular flexibility index (Phi) is 4.00. The van der Waals surface area contributed by atoms with Crippen LogP contribution < -0.4 is 0 Å². The van der Waals surface area contributed by atoms with Gasteiger partial charge in [-0.3, -0.25) is 0 Å².